The van der Waals surface area contributed by atoms with Crippen molar-refractivity contribution in [2.45, 2.75) is 32.6 Å². The minimum atomic E-state index is -0.387. The second kappa shape index (κ2) is 12.5. The number of rotatable bonds is 9. The Kier molecular flexibility index (Phi) is 9.42. The van der Waals surface area contributed by atoms with Gasteiger partial charge in [0.15, 0.2) is 0 Å². The van der Waals surface area contributed by atoms with Gasteiger partial charge in [-0.2, -0.15) is 0 Å². The summed E-state index contributed by atoms with van der Waals surface area (Å²) in [6.07, 6.45) is 9.85. The zero-order chi connectivity index (χ0) is 24.5. The van der Waals surface area contributed by atoms with Crippen molar-refractivity contribution < 1.29 is 9.18 Å². The lowest BCUT2D eigenvalue weighted by Gasteiger charge is -2.26. The van der Waals surface area contributed by atoms with E-state index in [2.05, 4.69) is 17.0 Å². The third kappa shape index (κ3) is 7.02. The predicted molar refractivity (Wildman–Crippen MR) is 138 cm³/mol. The second-order valence-electron chi connectivity index (χ2n) is 8.58. The van der Waals surface area contributed by atoms with Crippen LogP contribution < -0.4 is 11.2 Å². The quantitative estimate of drug-likeness (QED) is 0.347. The molecule has 1 fully saturated rings. The molecule has 0 aliphatic carbocycles. The van der Waals surface area contributed by atoms with E-state index in [1.54, 1.807) is 6.20 Å². The van der Waals surface area contributed by atoms with Gasteiger partial charge in [-0.05, 0) is 72.2 Å². The molecule has 1 aromatic heterocycles. The van der Waals surface area contributed by atoms with Crippen molar-refractivity contribution in [3.05, 3.63) is 83.9 Å². The summed E-state index contributed by atoms with van der Waals surface area (Å²) in [5.41, 5.74) is 13.2. The summed E-state index contributed by atoms with van der Waals surface area (Å²) >= 11 is 6.07. The van der Waals surface area contributed by atoms with Crippen LogP contribution in [0.25, 0.3) is 11.1 Å². The van der Waals surface area contributed by atoms with Gasteiger partial charge in [-0.15, -0.1) is 11.6 Å². The summed E-state index contributed by atoms with van der Waals surface area (Å²) in [7, 11) is 0. The first-order valence-corrected chi connectivity index (χ1v) is 12.1. The van der Waals surface area contributed by atoms with E-state index in [0.29, 0.717) is 17.8 Å². The Morgan fingerprint density at radius 1 is 1.26 bits per heavy atom. The van der Waals surface area contributed by atoms with Gasteiger partial charge in [0, 0.05) is 36.3 Å². The number of carbonyl (C=O) groups excluding carboxylic acids is 1. The predicted octanol–water partition coefficient (Wildman–Crippen LogP) is 5.84. The number of pyridine rings is 1. The van der Waals surface area contributed by atoms with Crippen molar-refractivity contribution in [2.75, 3.05) is 24.7 Å². The molecule has 34 heavy (non-hydrogen) atoms. The first-order valence-electron chi connectivity index (χ1n) is 11.6. The van der Waals surface area contributed by atoms with E-state index in [4.69, 9.17) is 17.3 Å². The molecule has 0 spiro atoms. The number of carbonyl (C=O) groups is 1. The smallest absolute Gasteiger partial charge is 0.265 e. The molecule has 3 rings (SSSR count). The van der Waals surface area contributed by atoms with Crippen LogP contribution >= 0.6 is 11.6 Å². The van der Waals surface area contributed by atoms with Gasteiger partial charge in [0.1, 0.15) is 11.6 Å². The van der Waals surface area contributed by atoms with Gasteiger partial charge in [-0.25, -0.2) is 14.4 Å². The minimum Gasteiger partial charge on any atom is -0.383 e. The molecule has 2 aromatic rings. The Hall–Kier alpha value is -2.96. The summed E-state index contributed by atoms with van der Waals surface area (Å²) in [6, 6.07) is 9.44. The average Bonchev–Trinajstić information content (AvgIpc) is 2.84. The van der Waals surface area contributed by atoms with E-state index in [1.165, 1.54) is 24.6 Å². The molecule has 7 heteroatoms. The second-order valence-corrected chi connectivity index (χ2v) is 8.85. The van der Waals surface area contributed by atoms with Gasteiger partial charge in [-0.3, -0.25) is 10.2 Å². The number of alkyl halides is 1. The van der Waals surface area contributed by atoms with E-state index in [9.17, 15) is 9.18 Å². The summed E-state index contributed by atoms with van der Waals surface area (Å²) in [5, 5.41) is 1.99. The number of allylic oxidation sites excluding steroid dienone is 5. The van der Waals surface area contributed by atoms with Crippen LogP contribution in [-0.2, 0) is 6.42 Å². The molecule has 1 atom stereocenters. The summed E-state index contributed by atoms with van der Waals surface area (Å²) < 4.78 is 13.9. The highest BCUT2D eigenvalue weighted by Gasteiger charge is 2.16. The Morgan fingerprint density at radius 3 is 2.62 bits per heavy atom. The number of halogens is 2. The fourth-order valence-electron chi connectivity index (χ4n) is 3.98. The highest BCUT2D eigenvalue weighted by atomic mass is 35.5. The standard InChI is InChI=1S/C27H32ClFN4O/c1-3-7-25(29)16-23(17-28)19(2)14-22-15-24(18-31-26(22)30)20-8-10-21(11-9-20)27(34)32-33-12-5-4-6-13-33/h3,7-11,15-16,18-19H,1,4-6,12-14,17H2,2H3,(H2,30,31)(H,32,34)/b23-16+,25-7+. The Bertz CT molecular complexity index is 1060. The molecule has 0 saturated carbocycles. The number of nitrogen functional groups attached to an aromatic ring is 1. The number of nitrogens with two attached hydrogens (primary N) is 1. The number of nitrogens with zero attached hydrogens (tertiary/aromatic N) is 2. The topological polar surface area (TPSA) is 71.2 Å². The largest absolute Gasteiger partial charge is 0.383 e. The number of hydrogen-bond donors (Lipinski definition) is 2. The molecule has 2 heterocycles. The van der Waals surface area contributed by atoms with E-state index in [0.717, 1.165) is 48.2 Å². The number of hydrogen-bond acceptors (Lipinski definition) is 4. The molecule has 3 N–H and O–H groups in total. The number of amides is 1. The van der Waals surface area contributed by atoms with Gasteiger partial charge in [-0.1, -0.05) is 38.1 Å². The van der Waals surface area contributed by atoms with Crippen LogP contribution in [0.3, 0.4) is 0 Å². The van der Waals surface area contributed by atoms with E-state index < -0.39 is 0 Å². The molecule has 1 saturated heterocycles. The van der Waals surface area contributed by atoms with Gasteiger partial charge in [0.2, 0.25) is 0 Å². The number of piperidine rings is 1. The first-order chi connectivity index (χ1) is 16.4. The van der Waals surface area contributed by atoms with E-state index in [-0.39, 0.29) is 23.5 Å². The van der Waals surface area contributed by atoms with Crippen molar-refractivity contribution >= 4 is 23.3 Å². The molecule has 1 unspecified atom stereocenters. The van der Waals surface area contributed by atoms with Crippen LogP contribution in [0.4, 0.5) is 10.2 Å². The maximum absolute atomic E-state index is 13.9. The number of nitrogens with one attached hydrogen (secondary N) is 1. The van der Waals surface area contributed by atoms with Gasteiger partial charge in [0.05, 0.1) is 0 Å². The van der Waals surface area contributed by atoms with Crippen molar-refractivity contribution in [3.8, 4) is 11.1 Å². The molecule has 0 bridgehead atoms. The van der Waals surface area contributed by atoms with Crippen LogP contribution in [0.5, 0.6) is 0 Å². The first kappa shape index (κ1) is 25.7. The zero-order valence-electron chi connectivity index (χ0n) is 19.6. The zero-order valence-corrected chi connectivity index (χ0v) is 20.3. The molecular formula is C27H32ClFN4O. The molecule has 180 valence electrons. The van der Waals surface area contributed by atoms with Crippen LogP contribution in [0.15, 0.2) is 72.7 Å². The van der Waals surface area contributed by atoms with Gasteiger partial charge >= 0.3 is 0 Å². The maximum atomic E-state index is 13.9. The minimum absolute atomic E-state index is 0.0262. The fraction of sp³-hybridized carbons (Fsp3) is 0.333. The monoisotopic (exact) mass is 482 g/mol. The van der Waals surface area contributed by atoms with Crippen molar-refractivity contribution in [3.63, 3.8) is 0 Å². The molecular weight excluding hydrogens is 451 g/mol. The lowest BCUT2D eigenvalue weighted by atomic mass is 9.92. The highest BCUT2D eigenvalue weighted by Crippen LogP contribution is 2.27. The average molecular weight is 483 g/mol. The summed E-state index contributed by atoms with van der Waals surface area (Å²) in [4.78, 5) is 16.9. The van der Waals surface area contributed by atoms with Crippen LogP contribution in [0, 0.1) is 5.92 Å². The fourth-order valence-corrected chi connectivity index (χ4v) is 4.32. The maximum Gasteiger partial charge on any atom is 0.265 e. The van der Waals surface area contributed by atoms with E-state index >= 15 is 0 Å². The van der Waals surface area contributed by atoms with E-state index in [1.807, 2.05) is 42.3 Å². The summed E-state index contributed by atoms with van der Waals surface area (Å²) in [6.45, 7) is 7.27. The van der Waals surface area contributed by atoms with Gasteiger partial charge in [0.25, 0.3) is 5.91 Å². The van der Waals surface area contributed by atoms with Gasteiger partial charge < -0.3 is 5.73 Å². The van der Waals surface area contributed by atoms with Crippen molar-refractivity contribution in [2.24, 2.45) is 5.92 Å². The lowest BCUT2D eigenvalue weighted by Crippen LogP contribution is -2.45. The number of anilines is 1. The molecule has 1 amide bonds. The van der Waals surface area contributed by atoms with Crippen LogP contribution in [0.1, 0.15) is 42.1 Å². The Morgan fingerprint density at radius 2 is 1.97 bits per heavy atom. The molecule has 1 aliphatic heterocycles. The molecule has 5 nitrogen and oxygen atoms in total. The Labute approximate surface area is 206 Å². The molecule has 0 radical (unpaired) electrons. The highest BCUT2D eigenvalue weighted by molar-refractivity contribution is 6.19. The number of aromatic nitrogens is 1. The third-order valence-electron chi connectivity index (χ3n) is 6.01. The molecule has 1 aromatic carbocycles. The van der Waals surface area contributed by atoms with Crippen molar-refractivity contribution in [1.29, 1.82) is 0 Å². The number of benzene rings is 1. The van der Waals surface area contributed by atoms with Crippen LogP contribution in [0.2, 0.25) is 0 Å². The van der Waals surface area contributed by atoms with Crippen molar-refractivity contribution in [1.82, 2.24) is 15.4 Å². The van der Waals surface area contributed by atoms with Crippen LogP contribution in [-0.4, -0.2) is 34.9 Å². The third-order valence-corrected chi connectivity index (χ3v) is 6.32. The summed E-state index contributed by atoms with van der Waals surface area (Å²) in [5.74, 6) is 0.136. The SMILES string of the molecule is C=C/C=C(F)\C=C(/CCl)C(C)Cc1cc(-c2ccc(C(=O)NN3CCCCC3)cc2)cnc1N. The molecule has 1 aliphatic rings. The lowest BCUT2D eigenvalue weighted by molar-refractivity contribution is 0.0750. The Balaban J connectivity index is 1.73. The normalized spacial score (nSPS) is 16.2. The number of hydrazine groups is 1.